The van der Waals surface area contributed by atoms with Crippen LogP contribution in [0.4, 0.5) is 5.69 Å². The zero-order chi connectivity index (χ0) is 23.8. The third kappa shape index (κ3) is 6.99. The molecule has 3 aromatic carbocycles. The number of nitro groups is 1. The van der Waals surface area contributed by atoms with Gasteiger partial charge in [-0.25, -0.2) is 5.43 Å². The Kier molecular flexibility index (Phi) is 8.78. The number of hydrogen-bond donors (Lipinski definition) is 1. The topological polar surface area (TPSA) is 103 Å². The average molecular weight is 624 g/mol. The Labute approximate surface area is 212 Å². The van der Waals surface area contributed by atoms with Crippen LogP contribution in [0.5, 0.6) is 11.5 Å². The van der Waals surface area contributed by atoms with Crippen LogP contribution in [0.15, 0.2) is 70.2 Å². The second kappa shape index (κ2) is 11.8. The van der Waals surface area contributed by atoms with E-state index >= 15 is 0 Å². The molecule has 0 saturated heterocycles. The number of rotatable bonds is 9. The van der Waals surface area contributed by atoms with Crippen molar-refractivity contribution >= 4 is 56.3 Å². The van der Waals surface area contributed by atoms with Crippen LogP contribution in [0, 0.1) is 13.7 Å². The van der Waals surface area contributed by atoms with Gasteiger partial charge in [0.25, 0.3) is 11.6 Å². The molecular weight excluding hydrogens is 605 g/mol. The Balaban J connectivity index is 1.69. The van der Waals surface area contributed by atoms with Crippen molar-refractivity contribution in [2.24, 2.45) is 5.10 Å². The molecule has 0 aliphatic carbocycles. The van der Waals surface area contributed by atoms with Crippen LogP contribution in [-0.4, -0.2) is 23.7 Å². The van der Waals surface area contributed by atoms with Crippen molar-refractivity contribution in [2.45, 2.75) is 13.5 Å². The summed E-state index contributed by atoms with van der Waals surface area (Å²) in [6.45, 7) is 2.74. The van der Waals surface area contributed by atoms with E-state index in [0.29, 0.717) is 30.3 Å². The van der Waals surface area contributed by atoms with E-state index in [1.165, 1.54) is 30.5 Å². The van der Waals surface area contributed by atoms with Crippen molar-refractivity contribution in [1.29, 1.82) is 0 Å². The van der Waals surface area contributed by atoms with Crippen LogP contribution in [0.2, 0.25) is 0 Å². The van der Waals surface area contributed by atoms with Crippen molar-refractivity contribution in [3.05, 3.63) is 95.5 Å². The lowest BCUT2D eigenvalue weighted by molar-refractivity contribution is -0.384. The zero-order valence-corrected chi connectivity index (χ0v) is 21.2. The maximum atomic E-state index is 12.2. The molecule has 0 radical (unpaired) electrons. The fraction of sp³-hybridized carbons (Fsp3) is 0.130. The highest BCUT2D eigenvalue weighted by Crippen LogP contribution is 2.34. The van der Waals surface area contributed by atoms with E-state index in [-0.39, 0.29) is 11.3 Å². The third-order valence-electron chi connectivity index (χ3n) is 4.35. The van der Waals surface area contributed by atoms with Crippen molar-refractivity contribution in [2.75, 3.05) is 6.61 Å². The van der Waals surface area contributed by atoms with E-state index < -0.39 is 10.8 Å². The minimum absolute atomic E-state index is 0.0875. The standard InChI is InChI=1S/C23H19BrIN3O5/c1-2-32-21-12-16(11-20(25)22(21)33-14-15-3-7-18(24)8-4-15)13-26-27-23(29)17-5-9-19(10-6-17)28(30)31/h3-13H,2,14H2,1H3,(H,27,29)/b26-13+. The monoisotopic (exact) mass is 623 g/mol. The lowest BCUT2D eigenvalue weighted by atomic mass is 10.2. The third-order valence-corrected chi connectivity index (χ3v) is 5.68. The van der Waals surface area contributed by atoms with Gasteiger partial charge in [0, 0.05) is 22.2 Å². The van der Waals surface area contributed by atoms with Crippen LogP contribution in [-0.2, 0) is 6.61 Å². The van der Waals surface area contributed by atoms with Crippen LogP contribution < -0.4 is 14.9 Å². The molecule has 0 saturated carbocycles. The summed E-state index contributed by atoms with van der Waals surface area (Å²) in [5.74, 6) is 0.729. The minimum atomic E-state index is -0.524. The van der Waals surface area contributed by atoms with Gasteiger partial charge < -0.3 is 9.47 Å². The quantitative estimate of drug-likeness (QED) is 0.142. The molecule has 10 heteroatoms. The average Bonchev–Trinajstić information content (AvgIpc) is 2.80. The molecule has 0 unspecified atom stereocenters. The van der Waals surface area contributed by atoms with Gasteiger partial charge in [0.1, 0.15) is 6.61 Å². The first kappa shape index (κ1) is 24.6. The molecule has 33 heavy (non-hydrogen) atoms. The van der Waals surface area contributed by atoms with Gasteiger partial charge in [-0.1, -0.05) is 28.1 Å². The predicted molar refractivity (Wildman–Crippen MR) is 137 cm³/mol. The number of nitrogens with zero attached hydrogens (tertiary/aromatic N) is 2. The molecule has 3 aromatic rings. The van der Waals surface area contributed by atoms with Gasteiger partial charge in [0.15, 0.2) is 11.5 Å². The maximum absolute atomic E-state index is 12.2. The number of non-ortho nitro benzene ring substituents is 1. The maximum Gasteiger partial charge on any atom is 0.271 e. The zero-order valence-electron chi connectivity index (χ0n) is 17.5. The molecule has 0 aliphatic heterocycles. The lowest BCUT2D eigenvalue weighted by Crippen LogP contribution is -2.17. The predicted octanol–water partition coefficient (Wildman–Crippen LogP) is 5.70. The van der Waals surface area contributed by atoms with Crippen LogP contribution >= 0.6 is 38.5 Å². The Bertz CT molecular complexity index is 1170. The molecule has 1 amide bonds. The van der Waals surface area contributed by atoms with Crippen molar-refractivity contribution in [3.8, 4) is 11.5 Å². The summed E-state index contributed by atoms with van der Waals surface area (Å²) < 4.78 is 13.6. The normalized spacial score (nSPS) is 10.8. The first-order valence-electron chi connectivity index (χ1n) is 9.79. The number of nitrogens with one attached hydrogen (secondary N) is 1. The summed E-state index contributed by atoms with van der Waals surface area (Å²) in [5.41, 5.74) is 4.33. The number of ether oxygens (including phenoxy) is 2. The van der Waals surface area contributed by atoms with Crippen LogP contribution in [0.1, 0.15) is 28.4 Å². The Morgan fingerprint density at radius 2 is 1.85 bits per heavy atom. The van der Waals surface area contributed by atoms with Crippen LogP contribution in [0.25, 0.3) is 0 Å². The number of amides is 1. The number of carbonyl (C=O) groups excluding carboxylic acids is 1. The number of hydrogen-bond acceptors (Lipinski definition) is 6. The van der Waals surface area contributed by atoms with Crippen molar-refractivity contribution < 1.29 is 19.2 Å². The van der Waals surface area contributed by atoms with E-state index in [9.17, 15) is 14.9 Å². The number of carbonyl (C=O) groups is 1. The molecule has 0 atom stereocenters. The first-order chi connectivity index (χ1) is 15.9. The number of halogens is 2. The van der Waals surface area contributed by atoms with Gasteiger partial charge in [0.05, 0.1) is 21.3 Å². The van der Waals surface area contributed by atoms with Gasteiger partial charge in [-0.3, -0.25) is 14.9 Å². The molecule has 0 bridgehead atoms. The second-order valence-corrected chi connectivity index (χ2v) is 8.76. The number of benzene rings is 3. The molecule has 170 valence electrons. The molecule has 0 heterocycles. The molecule has 0 aromatic heterocycles. The lowest BCUT2D eigenvalue weighted by Gasteiger charge is -2.15. The van der Waals surface area contributed by atoms with Gasteiger partial charge >= 0.3 is 0 Å². The van der Waals surface area contributed by atoms with E-state index in [1.54, 1.807) is 6.07 Å². The summed E-state index contributed by atoms with van der Waals surface area (Å²) in [6.07, 6.45) is 1.49. The Hall–Kier alpha value is -2.99. The highest BCUT2D eigenvalue weighted by Gasteiger charge is 2.13. The van der Waals surface area contributed by atoms with Gasteiger partial charge in [-0.2, -0.15) is 5.10 Å². The Morgan fingerprint density at radius 3 is 2.48 bits per heavy atom. The number of hydrazone groups is 1. The van der Waals surface area contributed by atoms with Gasteiger partial charge in [-0.05, 0) is 77.0 Å². The molecular formula is C23H19BrIN3O5. The van der Waals surface area contributed by atoms with E-state index in [2.05, 4.69) is 49.0 Å². The summed E-state index contributed by atoms with van der Waals surface area (Å²) in [7, 11) is 0. The van der Waals surface area contributed by atoms with E-state index in [1.807, 2.05) is 37.3 Å². The van der Waals surface area contributed by atoms with Crippen molar-refractivity contribution in [3.63, 3.8) is 0 Å². The van der Waals surface area contributed by atoms with Crippen LogP contribution in [0.3, 0.4) is 0 Å². The molecule has 8 nitrogen and oxygen atoms in total. The first-order valence-corrected chi connectivity index (χ1v) is 11.7. The van der Waals surface area contributed by atoms with E-state index in [4.69, 9.17) is 9.47 Å². The van der Waals surface area contributed by atoms with E-state index in [0.717, 1.165) is 13.6 Å². The summed E-state index contributed by atoms with van der Waals surface area (Å²) in [6, 6.07) is 16.8. The summed E-state index contributed by atoms with van der Waals surface area (Å²) in [5, 5.41) is 14.7. The van der Waals surface area contributed by atoms with Gasteiger partial charge in [-0.15, -0.1) is 0 Å². The highest BCUT2D eigenvalue weighted by molar-refractivity contribution is 14.1. The summed E-state index contributed by atoms with van der Waals surface area (Å²) in [4.78, 5) is 22.4. The molecule has 0 fully saturated rings. The fourth-order valence-corrected chi connectivity index (χ4v) is 3.81. The molecule has 0 aliphatic rings. The molecule has 0 spiro atoms. The Morgan fingerprint density at radius 1 is 1.15 bits per heavy atom. The smallest absolute Gasteiger partial charge is 0.271 e. The SMILES string of the molecule is CCOc1cc(/C=N/NC(=O)c2ccc([N+](=O)[O-])cc2)cc(I)c1OCc1ccc(Br)cc1. The van der Waals surface area contributed by atoms with Crippen molar-refractivity contribution in [1.82, 2.24) is 5.43 Å². The van der Waals surface area contributed by atoms with Gasteiger partial charge in [0.2, 0.25) is 0 Å². The highest BCUT2D eigenvalue weighted by atomic mass is 127. The summed E-state index contributed by atoms with van der Waals surface area (Å²) >= 11 is 5.58. The largest absolute Gasteiger partial charge is 0.490 e. The molecule has 3 rings (SSSR count). The number of nitro benzene ring substituents is 1. The fourth-order valence-electron chi connectivity index (χ4n) is 2.77. The second-order valence-electron chi connectivity index (χ2n) is 6.68. The minimum Gasteiger partial charge on any atom is -0.490 e. The molecule has 1 N–H and O–H groups in total.